The minimum absolute atomic E-state index is 0.0260. The Morgan fingerprint density at radius 2 is 1.74 bits per heavy atom. The van der Waals surface area contributed by atoms with Crippen molar-refractivity contribution in [3.05, 3.63) is 53.1 Å². The number of phenols is 1. The number of nitrogens with zero attached hydrogens (tertiary/aromatic N) is 2. The van der Waals surface area contributed by atoms with Gasteiger partial charge in [-0.15, -0.1) is 0 Å². The third kappa shape index (κ3) is 6.50. The van der Waals surface area contributed by atoms with E-state index in [1.807, 2.05) is 0 Å². The van der Waals surface area contributed by atoms with Crippen LogP contribution in [0.5, 0.6) is 5.75 Å². The predicted molar refractivity (Wildman–Crippen MR) is 138 cm³/mol. The van der Waals surface area contributed by atoms with E-state index in [4.69, 9.17) is 9.84 Å². The normalized spacial score (nSPS) is 15.5. The van der Waals surface area contributed by atoms with Crippen molar-refractivity contribution in [2.45, 2.75) is 32.4 Å². The molecular formula is C26H28N4O9. The maximum absolute atomic E-state index is 13.7. The Balaban J connectivity index is 1.98. The summed E-state index contributed by atoms with van der Waals surface area (Å²) in [5.74, 6) is -3.52. The van der Waals surface area contributed by atoms with Crippen molar-refractivity contribution in [2.24, 2.45) is 0 Å². The van der Waals surface area contributed by atoms with E-state index in [0.29, 0.717) is 11.1 Å². The standard InChI is InChI=1S/C26H28N4O9/c1-14-8-16(9-15(2)23(14)35)24(36)28-18-11-30(26(38)39-3)20-7-5-4-6-19(20)29(25(18)37)12-21(32)27-17(13-31)10-22(33)34/h4-9,13,17-18,35H,10-12H2,1-3H3,(H,27,32)(H,28,36)(H,33,34). The van der Waals surface area contributed by atoms with Crippen LogP contribution in [0, 0.1) is 13.8 Å². The molecule has 206 valence electrons. The van der Waals surface area contributed by atoms with Crippen LogP contribution in [-0.2, 0) is 23.9 Å². The molecular weight excluding hydrogens is 512 g/mol. The smallest absolute Gasteiger partial charge is 0.414 e. The lowest BCUT2D eigenvalue weighted by Gasteiger charge is -2.25. The molecule has 1 aliphatic heterocycles. The van der Waals surface area contributed by atoms with Crippen molar-refractivity contribution in [3.63, 3.8) is 0 Å². The number of aliphatic carboxylic acids is 1. The summed E-state index contributed by atoms with van der Waals surface area (Å²) in [6, 6.07) is 6.42. The van der Waals surface area contributed by atoms with Crippen molar-refractivity contribution >= 4 is 47.4 Å². The van der Waals surface area contributed by atoms with E-state index in [2.05, 4.69) is 10.6 Å². The van der Waals surface area contributed by atoms with Gasteiger partial charge in [0.2, 0.25) is 5.91 Å². The number of hydrogen-bond acceptors (Lipinski definition) is 8. The summed E-state index contributed by atoms with van der Waals surface area (Å²) in [4.78, 5) is 76.8. The first-order valence-corrected chi connectivity index (χ1v) is 11.8. The van der Waals surface area contributed by atoms with Crippen molar-refractivity contribution in [1.29, 1.82) is 0 Å². The molecule has 2 atom stereocenters. The summed E-state index contributed by atoms with van der Waals surface area (Å²) in [7, 11) is 1.15. The number of para-hydroxylation sites is 2. The molecule has 0 aliphatic carbocycles. The van der Waals surface area contributed by atoms with Gasteiger partial charge in [0.1, 0.15) is 24.6 Å². The Bertz CT molecular complexity index is 1300. The highest BCUT2D eigenvalue weighted by molar-refractivity contribution is 6.10. The zero-order valence-corrected chi connectivity index (χ0v) is 21.5. The van der Waals surface area contributed by atoms with E-state index >= 15 is 0 Å². The van der Waals surface area contributed by atoms with Gasteiger partial charge in [-0.1, -0.05) is 12.1 Å². The highest BCUT2D eigenvalue weighted by Crippen LogP contribution is 2.33. The van der Waals surface area contributed by atoms with E-state index < -0.39 is 54.8 Å². The fraction of sp³-hybridized carbons (Fsp3) is 0.308. The van der Waals surface area contributed by atoms with Crippen molar-refractivity contribution in [3.8, 4) is 5.75 Å². The summed E-state index contributed by atoms with van der Waals surface area (Å²) >= 11 is 0. The van der Waals surface area contributed by atoms with Crippen LogP contribution in [0.15, 0.2) is 36.4 Å². The monoisotopic (exact) mass is 540 g/mol. The molecule has 39 heavy (non-hydrogen) atoms. The van der Waals surface area contributed by atoms with Crippen LogP contribution >= 0.6 is 0 Å². The summed E-state index contributed by atoms with van der Waals surface area (Å²) in [6.45, 7) is 2.25. The number of aromatic hydroxyl groups is 1. The van der Waals surface area contributed by atoms with Crippen LogP contribution in [0.3, 0.4) is 0 Å². The number of fused-ring (bicyclic) bond motifs is 1. The molecule has 13 heteroatoms. The van der Waals surface area contributed by atoms with Gasteiger partial charge in [0.05, 0.1) is 37.5 Å². The molecule has 13 nitrogen and oxygen atoms in total. The van der Waals surface area contributed by atoms with Crippen LogP contribution in [0.1, 0.15) is 27.9 Å². The van der Waals surface area contributed by atoms with Gasteiger partial charge < -0.3 is 30.4 Å². The van der Waals surface area contributed by atoms with Crippen molar-refractivity contribution < 1.29 is 43.7 Å². The lowest BCUT2D eigenvalue weighted by atomic mass is 10.0. The molecule has 0 saturated carbocycles. The van der Waals surface area contributed by atoms with Gasteiger partial charge in [0.25, 0.3) is 11.8 Å². The molecule has 0 radical (unpaired) electrons. The van der Waals surface area contributed by atoms with Gasteiger partial charge >= 0.3 is 12.1 Å². The summed E-state index contributed by atoms with van der Waals surface area (Å²) in [5.41, 5.74) is 1.42. The molecule has 3 rings (SSSR count). The van der Waals surface area contributed by atoms with E-state index in [1.165, 1.54) is 24.3 Å². The minimum atomic E-state index is -1.34. The first-order chi connectivity index (χ1) is 18.5. The molecule has 1 aliphatic rings. The number of carbonyl (C=O) groups excluding carboxylic acids is 5. The number of nitrogens with one attached hydrogen (secondary N) is 2. The zero-order chi connectivity index (χ0) is 28.9. The van der Waals surface area contributed by atoms with E-state index in [9.17, 15) is 33.9 Å². The number of methoxy groups -OCH3 is 1. The summed E-state index contributed by atoms with van der Waals surface area (Å²) in [6.07, 6.45) is -1.20. The second-order valence-electron chi connectivity index (χ2n) is 8.89. The first-order valence-electron chi connectivity index (χ1n) is 11.8. The molecule has 0 bridgehead atoms. The number of carbonyl (C=O) groups is 6. The number of carboxylic acids is 1. The van der Waals surface area contributed by atoms with Gasteiger partial charge in [-0.2, -0.15) is 0 Å². The number of ether oxygens (including phenoxy) is 1. The topological polar surface area (TPSA) is 183 Å². The number of hydrogen-bond donors (Lipinski definition) is 4. The molecule has 2 aromatic rings. The van der Waals surface area contributed by atoms with E-state index in [0.717, 1.165) is 16.9 Å². The number of aldehydes is 1. The maximum atomic E-state index is 13.7. The Labute approximate surface area is 223 Å². The van der Waals surface area contributed by atoms with Crippen molar-refractivity contribution in [2.75, 3.05) is 30.0 Å². The summed E-state index contributed by atoms with van der Waals surface area (Å²) in [5, 5.41) is 23.8. The summed E-state index contributed by atoms with van der Waals surface area (Å²) < 4.78 is 4.88. The number of aryl methyl sites for hydroxylation is 2. The largest absolute Gasteiger partial charge is 0.507 e. The van der Waals surface area contributed by atoms with Crippen LogP contribution in [0.25, 0.3) is 0 Å². The third-order valence-electron chi connectivity index (χ3n) is 6.05. The SMILES string of the molecule is COC(=O)N1CC(NC(=O)c2cc(C)c(O)c(C)c2)C(=O)N(CC(=O)NC(C=O)CC(=O)O)c2ccccc21. The van der Waals surface area contributed by atoms with Crippen LogP contribution < -0.4 is 20.4 Å². The molecule has 0 saturated heterocycles. The zero-order valence-electron chi connectivity index (χ0n) is 21.5. The Morgan fingerprint density at radius 1 is 1.13 bits per heavy atom. The van der Waals surface area contributed by atoms with Gasteiger partial charge in [-0.05, 0) is 49.2 Å². The fourth-order valence-electron chi connectivity index (χ4n) is 4.19. The van der Waals surface area contributed by atoms with E-state index in [-0.39, 0.29) is 35.5 Å². The van der Waals surface area contributed by atoms with Gasteiger partial charge in [-0.3, -0.25) is 29.0 Å². The molecule has 1 heterocycles. The van der Waals surface area contributed by atoms with Gasteiger partial charge in [0, 0.05) is 5.56 Å². The lowest BCUT2D eigenvalue weighted by molar-refractivity contribution is -0.138. The molecule has 2 unspecified atom stereocenters. The Hall–Kier alpha value is -4.94. The maximum Gasteiger partial charge on any atom is 0.414 e. The Kier molecular flexibility index (Phi) is 8.86. The first kappa shape index (κ1) is 28.6. The number of amides is 4. The molecule has 4 N–H and O–H groups in total. The highest BCUT2D eigenvalue weighted by Gasteiger charge is 2.38. The molecule has 2 aromatic carbocycles. The lowest BCUT2D eigenvalue weighted by Crippen LogP contribution is -2.54. The van der Waals surface area contributed by atoms with E-state index in [1.54, 1.807) is 26.0 Å². The minimum Gasteiger partial charge on any atom is -0.507 e. The number of carboxylic acid groups (broad SMARTS) is 1. The quantitative estimate of drug-likeness (QED) is 0.353. The predicted octanol–water partition coefficient (Wildman–Crippen LogP) is 0.885. The molecule has 0 aromatic heterocycles. The number of phenolic OH excluding ortho intramolecular Hbond substituents is 1. The fourth-order valence-corrected chi connectivity index (χ4v) is 4.19. The number of rotatable bonds is 8. The van der Waals surface area contributed by atoms with Crippen LogP contribution in [0.2, 0.25) is 0 Å². The molecule has 0 fully saturated rings. The van der Waals surface area contributed by atoms with Crippen LogP contribution in [-0.4, -0.2) is 78.6 Å². The molecule has 4 amide bonds. The number of anilines is 2. The van der Waals surface area contributed by atoms with Gasteiger partial charge in [-0.25, -0.2) is 4.79 Å². The number of benzene rings is 2. The second-order valence-corrected chi connectivity index (χ2v) is 8.89. The average Bonchev–Trinajstić information content (AvgIpc) is 3.01. The molecule has 0 spiro atoms. The van der Waals surface area contributed by atoms with Crippen LogP contribution in [0.4, 0.5) is 16.2 Å². The Morgan fingerprint density at radius 3 is 2.31 bits per heavy atom. The van der Waals surface area contributed by atoms with Crippen molar-refractivity contribution in [1.82, 2.24) is 10.6 Å². The second kappa shape index (κ2) is 12.1. The highest BCUT2D eigenvalue weighted by atomic mass is 16.5. The third-order valence-corrected chi connectivity index (χ3v) is 6.05. The van der Waals surface area contributed by atoms with Gasteiger partial charge in [0.15, 0.2) is 0 Å². The average molecular weight is 541 g/mol.